The molecule has 2 aromatic rings. The molecule has 30 heavy (non-hydrogen) atoms. The molecule has 1 aliphatic carbocycles. The molecule has 0 aliphatic heterocycles. The minimum Gasteiger partial charge on any atom is -0.445 e. The van der Waals surface area contributed by atoms with Gasteiger partial charge in [-0.2, -0.15) is 0 Å². The molecule has 1 saturated carbocycles. The van der Waals surface area contributed by atoms with E-state index in [1.165, 1.54) is 38.5 Å². The van der Waals surface area contributed by atoms with E-state index < -0.39 is 0 Å². The number of hydroxylamine groups is 1. The summed E-state index contributed by atoms with van der Waals surface area (Å²) in [4.78, 5) is 33.3. The fourth-order valence-electron chi connectivity index (χ4n) is 4.19. The molecule has 1 atom stereocenters. The Balaban J connectivity index is 1.53. The Morgan fingerprint density at radius 3 is 2.73 bits per heavy atom. The zero-order chi connectivity index (χ0) is 21.2. The molecule has 6 heteroatoms. The van der Waals surface area contributed by atoms with E-state index in [-0.39, 0.29) is 18.2 Å². The van der Waals surface area contributed by atoms with Gasteiger partial charge in [-0.15, -0.1) is 0 Å². The highest BCUT2D eigenvalue weighted by molar-refractivity contribution is 5.76. The SMILES string of the molecule is Cc1oc([C@H](CCCC2CCCCC2)CC(=O)NOCc2ccccc2)nc1C=O. The van der Waals surface area contributed by atoms with Crippen LogP contribution in [0.15, 0.2) is 34.7 Å². The monoisotopic (exact) mass is 412 g/mol. The summed E-state index contributed by atoms with van der Waals surface area (Å²) in [6.07, 6.45) is 10.6. The molecule has 0 saturated heterocycles. The van der Waals surface area contributed by atoms with Gasteiger partial charge in [0.15, 0.2) is 12.2 Å². The number of benzene rings is 1. The van der Waals surface area contributed by atoms with Gasteiger partial charge < -0.3 is 4.42 Å². The number of aromatic nitrogens is 1. The first-order valence-corrected chi connectivity index (χ1v) is 11.0. The highest BCUT2D eigenvalue weighted by Gasteiger charge is 2.23. The zero-order valence-corrected chi connectivity index (χ0v) is 17.8. The molecule has 162 valence electrons. The van der Waals surface area contributed by atoms with Crippen molar-refractivity contribution in [3.8, 4) is 0 Å². The summed E-state index contributed by atoms with van der Waals surface area (Å²) in [6.45, 7) is 2.04. The molecule has 1 heterocycles. The molecule has 6 nitrogen and oxygen atoms in total. The van der Waals surface area contributed by atoms with E-state index in [0.29, 0.717) is 30.2 Å². The lowest BCUT2D eigenvalue weighted by Gasteiger charge is -2.22. The van der Waals surface area contributed by atoms with Crippen molar-refractivity contribution in [3.05, 3.63) is 53.2 Å². The van der Waals surface area contributed by atoms with Crippen LogP contribution in [-0.4, -0.2) is 17.2 Å². The number of aryl methyl sites for hydroxylation is 1. The van der Waals surface area contributed by atoms with Crippen molar-refractivity contribution in [2.24, 2.45) is 5.92 Å². The van der Waals surface area contributed by atoms with Crippen LogP contribution in [0.4, 0.5) is 0 Å². The first kappa shape index (κ1) is 22.2. The lowest BCUT2D eigenvalue weighted by atomic mass is 9.84. The topological polar surface area (TPSA) is 81.4 Å². The molecule has 0 bridgehead atoms. The van der Waals surface area contributed by atoms with Crippen molar-refractivity contribution in [1.29, 1.82) is 0 Å². The van der Waals surface area contributed by atoms with Crippen LogP contribution in [0, 0.1) is 12.8 Å². The number of hydrogen-bond donors (Lipinski definition) is 1. The number of nitrogens with zero attached hydrogens (tertiary/aromatic N) is 1. The van der Waals surface area contributed by atoms with E-state index in [1.54, 1.807) is 6.92 Å². The van der Waals surface area contributed by atoms with Crippen molar-refractivity contribution < 1.29 is 18.8 Å². The van der Waals surface area contributed by atoms with Crippen LogP contribution in [0.5, 0.6) is 0 Å². The zero-order valence-electron chi connectivity index (χ0n) is 17.8. The van der Waals surface area contributed by atoms with Gasteiger partial charge in [0.1, 0.15) is 11.5 Å². The maximum Gasteiger partial charge on any atom is 0.244 e. The van der Waals surface area contributed by atoms with E-state index in [9.17, 15) is 9.59 Å². The highest BCUT2D eigenvalue weighted by Crippen LogP contribution is 2.31. The molecule has 0 spiro atoms. The first-order chi connectivity index (χ1) is 14.7. The number of oxazole rings is 1. The molecule has 1 aromatic heterocycles. The minimum atomic E-state index is -0.211. The van der Waals surface area contributed by atoms with E-state index in [2.05, 4.69) is 10.5 Å². The van der Waals surface area contributed by atoms with Crippen LogP contribution in [0.25, 0.3) is 0 Å². The van der Waals surface area contributed by atoms with Gasteiger partial charge in [0.25, 0.3) is 0 Å². The molecule has 1 fully saturated rings. The summed E-state index contributed by atoms with van der Waals surface area (Å²) in [6, 6.07) is 9.68. The van der Waals surface area contributed by atoms with Crippen molar-refractivity contribution in [1.82, 2.24) is 10.5 Å². The third-order valence-electron chi connectivity index (χ3n) is 5.90. The second kappa shape index (κ2) is 11.6. The van der Waals surface area contributed by atoms with Crippen LogP contribution in [0.2, 0.25) is 0 Å². The van der Waals surface area contributed by atoms with Crippen molar-refractivity contribution in [2.75, 3.05) is 0 Å². The summed E-state index contributed by atoms with van der Waals surface area (Å²) in [7, 11) is 0. The lowest BCUT2D eigenvalue weighted by Crippen LogP contribution is -2.25. The Kier molecular flexibility index (Phi) is 8.63. The number of carbonyl (C=O) groups is 2. The second-order valence-corrected chi connectivity index (χ2v) is 8.25. The third kappa shape index (κ3) is 6.80. The highest BCUT2D eigenvalue weighted by atomic mass is 16.6. The first-order valence-electron chi connectivity index (χ1n) is 11.0. The van der Waals surface area contributed by atoms with Gasteiger partial charge in [-0.25, -0.2) is 10.5 Å². The Hall–Kier alpha value is -2.47. The van der Waals surface area contributed by atoms with Crippen molar-refractivity contribution in [2.45, 2.75) is 77.2 Å². The average molecular weight is 413 g/mol. The Morgan fingerprint density at radius 1 is 1.27 bits per heavy atom. The number of amides is 1. The average Bonchev–Trinajstić information content (AvgIpc) is 3.15. The van der Waals surface area contributed by atoms with E-state index in [1.807, 2.05) is 30.3 Å². The molecule has 0 unspecified atom stereocenters. The fraction of sp³-hybridized carbons (Fsp3) is 0.542. The van der Waals surface area contributed by atoms with Gasteiger partial charge in [-0.1, -0.05) is 75.3 Å². The quantitative estimate of drug-likeness (QED) is 0.402. The van der Waals surface area contributed by atoms with Gasteiger partial charge in [0, 0.05) is 12.3 Å². The fourth-order valence-corrected chi connectivity index (χ4v) is 4.19. The van der Waals surface area contributed by atoms with Gasteiger partial charge in [0.2, 0.25) is 5.91 Å². The van der Waals surface area contributed by atoms with Gasteiger partial charge in [-0.3, -0.25) is 14.4 Å². The van der Waals surface area contributed by atoms with E-state index in [4.69, 9.17) is 9.25 Å². The predicted octanol–water partition coefficient (Wildman–Crippen LogP) is 5.27. The smallest absolute Gasteiger partial charge is 0.244 e. The molecule has 1 aliphatic rings. The summed E-state index contributed by atoms with van der Waals surface area (Å²) >= 11 is 0. The Labute approximate surface area is 178 Å². The van der Waals surface area contributed by atoms with Crippen LogP contribution in [0.1, 0.15) is 91.4 Å². The minimum absolute atomic E-state index is 0.165. The molecule has 1 amide bonds. The summed E-state index contributed by atoms with van der Waals surface area (Å²) < 4.78 is 5.72. The molecule has 1 aromatic carbocycles. The molecule has 0 radical (unpaired) electrons. The third-order valence-corrected chi connectivity index (χ3v) is 5.90. The summed E-state index contributed by atoms with van der Waals surface area (Å²) in [5, 5.41) is 0. The summed E-state index contributed by atoms with van der Waals surface area (Å²) in [5.41, 5.74) is 3.82. The number of hydrogen-bond acceptors (Lipinski definition) is 5. The van der Waals surface area contributed by atoms with Crippen molar-refractivity contribution in [3.63, 3.8) is 0 Å². The second-order valence-electron chi connectivity index (χ2n) is 8.25. The van der Waals surface area contributed by atoms with Gasteiger partial charge in [0.05, 0.1) is 6.61 Å². The Morgan fingerprint density at radius 2 is 2.03 bits per heavy atom. The van der Waals surface area contributed by atoms with E-state index >= 15 is 0 Å². The predicted molar refractivity (Wildman–Crippen MR) is 114 cm³/mol. The van der Waals surface area contributed by atoms with E-state index in [0.717, 1.165) is 24.3 Å². The summed E-state index contributed by atoms with van der Waals surface area (Å²) in [5.74, 6) is 1.38. The maximum atomic E-state index is 12.5. The largest absolute Gasteiger partial charge is 0.445 e. The van der Waals surface area contributed by atoms with Crippen LogP contribution in [-0.2, 0) is 16.2 Å². The molecular formula is C24H32N2O4. The van der Waals surface area contributed by atoms with Crippen molar-refractivity contribution >= 4 is 12.2 Å². The lowest BCUT2D eigenvalue weighted by molar-refractivity contribution is -0.135. The number of rotatable bonds is 11. The number of aldehydes is 1. The molecule has 3 rings (SSSR count). The standard InChI is InChI=1S/C24H32N2O4/c1-18-22(16-27)25-24(30-18)21(14-8-13-19-9-4-2-5-10-19)15-23(28)26-29-17-20-11-6-3-7-12-20/h3,6-7,11-12,16,19,21H,2,4-5,8-10,13-15,17H2,1H3,(H,26,28)/t21-/m1/s1. The van der Waals surface area contributed by atoms with Crippen LogP contribution < -0.4 is 5.48 Å². The molecular weight excluding hydrogens is 380 g/mol. The number of nitrogens with one attached hydrogen (secondary N) is 1. The maximum absolute atomic E-state index is 12.5. The van der Waals surface area contributed by atoms with Gasteiger partial charge in [-0.05, 0) is 24.8 Å². The Bertz CT molecular complexity index is 797. The van der Waals surface area contributed by atoms with Crippen LogP contribution >= 0.6 is 0 Å². The van der Waals surface area contributed by atoms with Crippen LogP contribution in [0.3, 0.4) is 0 Å². The van der Waals surface area contributed by atoms with Gasteiger partial charge >= 0.3 is 0 Å². The number of carbonyl (C=O) groups excluding carboxylic acids is 2. The molecule has 1 N–H and O–H groups in total. The normalized spacial score (nSPS) is 15.6.